The first-order valence-electron chi connectivity index (χ1n) is 9.58. The van der Waals surface area contributed by atoms with E-state index in [2.05, 4.69) is 5.32 Å². The van der Waals surface area contributed by atoms with Gasteiger partial charge in [0.1, 0.15) is 5.75 Å². The van der Waals surface area contributed by atoms with Gasteiger partial charge in [-0.3, -0.25) is 9.59 Å². The van der Waals surface area contributed by atoms with Crippen LogP contribution in [0.25, 0.3) is 10.8 Å². The Morgan fingerprint density at radius 2 is 1.62 bits per heavy atom. The minimum atomic E-state index is -0.384. The van der Waals surface area contributed by atoms with Gasteiger partial charge in [-0.1, -0.05) is 36.4 Å². The molecule has 1 aliphatic rings. The quantitative estimate of drug-likeness (QED) is 0.717. The van der Waals surface area contributed by atoms with Crippen LogP contribution in [-0.2, 0) is 16.0 Å². The minimum Gasteiger partial charge on any atom is -0.507 e. The number of benzene rings is 3. The minimum absolute atomic E-state index is 0.0612. The summed E-state index contributed by atoms with van der Waals surface area (Å²) in [6.07, 6.45) is 0.319. The molecule has 6 nitrogen and oxygen atoms in total. The molecule has 29 heavy (non-hydrogen) atoms. The Hall–Kier alpha value is -3.38. The van der Waals surface area contributed by atoms with E-state index in [0.29, 0.717) is 38.4 Å². The highest BCUT2D eigenvalue weighted by atomic mass is 16.5. The molecular formula is C23H22N2O4. The molecule has 3 aromatic carbocycles. The first-order chi connectivity index (χ1) is 14.1. The number of ether oxygens (including phenoxy) is 1. The van der Waals surface area contributed by atoms with E-state index in [1.165, 1.54) is 0 Å². The van der Waals surface area contributed by atoms with Crippen molar-refractivity contribution in [1.82, 2.24) is 4.90 Å². The molecule has 2 N–H and O–H groups in total. The lowest BCUT2D eigenvalue weighted by Crippen LogP contribution is -2.41. The Morgan fingerprint density at radius 3 is 2.31 bits per heavy atom. The first-order valence-corrected chi connectivity index (χ1v) is 9.58. The van der Waals surface area contributed by atoms with Crippen molar-refractivity contribution in [3.63, 3.8) is 0 Å². The molecule has 0 atom stereocenters. The second kappa shape index (κ2) is 8.32. The summed E-state index contributed by atoms with van der Waals surface area (Å²) in [4.78, 5) is 26.7. The van der Waals surface area contributed by atoms with Gasteiger partial charge in [0.25, 0.3) is 5.91 Å². The van der Waals surface area contributed by atoms with Crippen LogP contribution in [-0.4, -0.2) is 48.1 Å². The average molecular weight is 390 g/mol. The third-order valence-electron chi connectivity index (χ3n) is 5.04. The number of morpholine rings is 1. The number of amides is 2. The van der Waals surface area contributed by atoms with Crippen LogP contribution < -0.4 is 5.32 Å². The fraction of sp³-hybridized carbons (Fsp3) is 0.217. The van der Waals surface area contributed by atoms with E-state index in [-0.39, 0.29) is 23.1 Å². The molecule has 1 fully saturated rings. The molecule has 3 aromatic rings. The second-order valence-corrected chi connectivity index (χ2v) is 7.04. The van der Waals surface area contributed by atoms with E-state index in [1.54, 1.807) is 24.3 Å². The van der Waals surface area contributed by atoms with Gasteiger partial charge in [-0.25, -0.2) is 0 Å². The molecule has 4 rings (SSSR count). The SMILES string of the molecule is O=C(Nc1ccc(CC(=O)N2CCOCC2)cc1)c1cc2ccccc2cc1O. The van der Waals surface area contributed by atoms with Crippen LogP contribution >= 0.6 is 0 Å². The standard InChI is InChI=1S/C23H22N2O4/c26-21-15-18-4-2-1-3-17(18)14-20(21)23(28)24-19-7-5-16(6-8-19)13-22(27)25-9-11-29-12-10-25/h1-8,14-15,26H,9-13H2,(H,24,28). The fourth-order valence-corrected chi connectivity index (χ4v) is 3.41. The van der Waals surface area contributed by atoms with Crippen molar-refractivity contribution in [2.45, 2.75) is 6.42 Å². The highest BCUT2D eigenvalue weighted by Gasteiger charge is 2.17. The number of phenolic OH excluding ortho intramolecular Hbond substituents is 1. The summed E-state index contributed by atoms with van der Waals surface area (Å²) >= 11 is 0. The molecule has 6 heteroatoms. The number of carbonyl (C=O) groups is 2. The van der Waals surface area contributed by atoms with E-state index < -0.39 is 0 Å². The van der Waals surface area contributed by atoms with E-state index >= 15 is 0 Å². The summed E-state index contributed by atoms with van der Waals surface area (Å²) < 4.78 is 5.27. The lowest BCUT2D eigenvalue weighted by atomic mass is 10.1. The van der Waals surface area contributed by atoms with Gasteiger partial charge in [0, 0.05) is 18.8 Å². The highest BCUT2D eigenvalue weighted by molar-refractivity contribution is 6.08. The first kappa shape index (κ1) is 19.0. The van der Waals surface area contributed by atoms with Crippen LogP contribution in [0.15, 0.2) is 60.7 Å². The summed E-state index contributed by atoms with van der Waals surface area (Å²) in [5.41, 5.74) is 1.70. The van der Waals surface area contributed by atoms with E-state index in [0.717, 1.165) is 16.3 Å². The van der Waals surface area contributed by atoms with Crippen LogP contribution in [0.1, 0.15) is 15.9 Å². The summed E-state index contributed by atoms with van der Waals surface area (Å²) in [7, 11) is 0. The van der Waals surface area contributed by atoms with Crippen LogP contribution in [0.3, 0.4) is 0 Å². The lowest BCUT2D eigenvalue weighted by molar-refractivity contribution is -0.134. The summed E-state index contributed by atoms with van der Waals surface area (Å²) in [6.45, 7) is 2.42. The van der Waals surface area contributed by atoms with Crippen molar-refractivity contribution < 1.29 is 19.4 Å². The Labute approximate surface area is 168 Å². The van der Waals surface area contributed by atoms with E-state index in [1.807, 2.05) is 41.3 Å². The predicted octanol–water partition coefficient (Wildman–Crippen LogP) is 3.20. The van der Waals surface area contributed by atoms with Gasteiger partial charge in [-0.15, -0.1) is 0 Å². The predicted molar refractivity (Wildman–Crippen MR) is 111 cm³/mol. The molecule has 0 aromatic heterocycles. The van der Waals surface area contributed by atoms with Crippen LogP contribution in [0.2, 0.25) is 0 Å². The van der Waals surface area contributed by atoms with Gasteiger partial charge in [0.15, 0.2) is 0 Å². The third-order valence-corrected chi connectivity index (χ3v) is 5.04. The number of rotatable bonds is 4. The molecule has 0 saturated carbocycles. The second-order valence-electron chi connectivity index (χ2n) is 7.04. The number of fused-ring (bicyclic) bond motifs is 1. The van der Waals surface area contributed by atoms with Crippen molar-refractivity contribution in [2.24, 2.45) is 0 Å². The van der Waals surface area contributed by atoms with Gasteiger partial charge in [-0.05, 0) is 40.6 Å². The van der Waals surface area contributed by atoms with Crippen LogP contribution in [0.4, 0.5) is 5.69 Å². The average Bonchev–Trinajstić information content (AvgIpc) is 2.75. The smallest absolute Gasteiger partial charge is 0.259 e. The number of nitrogens with one attached hydrogen (secondary N) is 1. The summed E-state index contributed by atoms with van der Waals surface area (Å²) in [6, 6.07) is 18.0. The molecule has 0 unspecified atom stereocenters. The number of aromatic hydroxyl groups is 1. The van der Waals surface area contributed by atoms with Gasteiger partial charge < -0.3 is 20.1 Å². The largest absolute Gasteiger partial charge is 0.507 e. The number of carbonyl (C=O) groups excluding carboxylic acids is 2. The Balaban J connectivity index is 1.42. The normalized spacial score (nSPS) is 14.0. The fourth-order valence-electron chi connectivity index (χ4n) is 3.41. The summed E-state index contributed by atoms with van der Waals surface area (Å²) in [5.74, 6) is -0.370. The maximum Gasteiger partial charge on any atom is 0.259 e. The zero-order chi connectivity index (χ0) is 20.2. The van der Waals surface area contributed by atoms with Crippen molar-refractivity contribution >= 4 is 28.3 Å². The number of phenols is 1. The molecule has 0 spiro atoms. The van der Waals surface area contributed by atoms with Crippen LogP contribution in [0.5, 0.6) is 5.75 Å². The number of hydrogen-bond donors (Lipinski definition) is 2. The monoisotopic (exact) mass is 390 g/mol. The third kappa shape index (κ3) is 4.38. The Bertz CT molecular complexity index is 1040. The molecular weight excluding hydrogens is 368 g/mol. The maximum atomic E-state index is 12.6. The van der Waals surface area contributed by atoms with Gasteiger partial charge in [0.2, 0.25) is 5.91 Å². The molecule has 0 radical (unpaired) electrons. The maximum absolute atomic E-state index is 12.6. The van der Waals surface area contributed by atoms with E-state index in [4.69, 9.17) is 4.74 Å². The van der Waals surface area contributed by atoms with Crippen molar-refractivity contribution in [2.75, 3.05) is 31.6 Å². The molecule has 2 amide bonds. The van der Waals surface area contributed by atoms with Crippen LogP contribution in [0, 0.1) is 0 Å². The molecule has 148 valence electrons. The van der Waals surface area contributed by atoms with Gasteiger partial charge >= 0.3 is 0 Å². The zero-order valence-corrected chi connectivity index (χ0v) is 15.9. The van der Waals surface area contributed by atoms with E-state index in [9.17, 15) is 14.7 Å². The summed E-state index contributed by atoms with van der Waals surface area (Å²) in [5, 5.41) is 14.8. The molecule has 1 heterocycles. The molecule has 1 aliphatic heterocycles. The molecule has 0 aliphatic carbocycles. The lowest BCUT2D eigenvalue weighted by Gasteiger charge is -2.26. The Morgan fingerprint density at radius 1 is 0.966 bits per heavy atom. The van der Waals surface area contributed by atoms with Crippen molar-refractivity contribution in [3.8, 4) is 5.75 Å². The van der Waals surface area contributed by atoms with Gasteiger partial charge in [0.05, 0.1) is 25.2 Å². The molecule has 0 bridgehead atoms. The zero-order valence-electron chi connectivity index (χ0n) is 15.9. The molecule has 1 saturated heterocycles. The van der Waals surface area contributed by atoms with Crippen molar-refractivity contribution in [1.29, 1.82) is 0 Å². The Kier molecular flexibility index (Phi) is 5.44. The highest BCUT2D eigenvalue weighted by Crippen LogP contribution is 2.26. The number of hydrogen-bond acceptors (Lipinski definition) is 4. The van der Waals surface area contributed by atoms with Gasteiger partial charge in [-0.2, -0.15) is 0 Å². The number of anilines is 1. The number of nitrogens with zero attached hydrogens (tertiary/aromatic N) is 1. The topological polar surface area (TPSA) is 78.9 Å². The van der Waals surface area contributed by atoms with Crippen molar-refractivity contribution in [3.05, 3.63) is 71.8 Å².